The fourth-order valence-electron chi connectivity index (χ4n) is 2.04. The van der Waals surface area contributed by atoms with E-state index in [0.29, 0.717) is 6.54 Å². The van der Waals surface area contributed by atoms with Crippen LogP contribution < -0.4 is 0 Å². The van der Waals surface area contributed by atoms with Crippen LogP contribution in [0.4, 0.5) is 0 Å². The molecule has 0 aliphatic heterocycles. The van der Waals surface area contributed by atoms with Crippen molar-refractivity contribution in [3.8, 4) is 11.4 Å². The van der Waals surface area contributed by atoms with Gasteiger partial charge >= 0.3 is 0 Å². The third kappa shape index (κ3) is 2.49. The Bertz CT molecular complexity index is 699. The first kappa shape index (κ1) is 12.3. The zero-order valence-corrected chi connectivity index (χ0v) is 11.0. The number of hydrogen-bond donors (Lipinski definition) is 0. The summed E-state index contributed by atoms with van der Waals surface area (Å²) >= 11 is 0. The Hall–Kier alpha value is -2.75. The van der Waals surface area contributed by atoms with Gasteiger partial charge in [0.05, 0.1) is 6.54 Å². The molecular weight excluding hydrogens is 248 g/mol. The zero-order chi connectivity index (χ0) is 13.8. The predicted molar refractivity (Wildman–Crippen MR) is 78.9 cm³/mol. The molecule has 0 saturated heterocycles. The molecule has 0 amide bonds. The van der Waals surface area contributed by atoms with E-state index >= 15 is 0 Å². The molecule has 0 bridgehead atoms. The van der Waals surface area contributed by atoms with Gasteiger partial charge in [0, 0.05) is 5.56 Å². The van der Waals surface area contributed by atoms with E-state index in [1.165, 1.54) is 0 Å². The van der Waals surface area contributed by atoms with Crippen molar-refractivity contribution in [2.24, 2.45) is 0 Å². The van der Waals surface area contributed by atoms with Crippen molar-refractivity contribution in [3.05, 3.63) is 72.3 Å². The second-order valence-electron chi connectivity index (χ2n) is 4.47. The average Bonchev–Trinajstić information content (AvgIpc) is 2.97. The van der Waals surface area contributed by atoms with E-state index in [0.717, 1.165) is 22.5 Å². The minimum Gasteiger partial charge on any atom is -0.221 e. The minimum absolute atomic E-state index is 0.647. The molecule has 0 N–H and O–H groups in total. The third-order valence-electron chi connectivity index (χ3n) is 3.11. The molecule has 0 aliphatic rings. The van der Waals surface area contributed by atoms with Gasteiger partial charge in [-0.2, -0.15) is 0 Å². The molecule has 3 aromatic rings. The molecule has 0 saturated carbocycles. The summed E-state index contributed by atoms with van der Waals surface area (Å²) < 4.78 is 1.80. The molecule has 3 rings (SSSR count). The number of rotatable bonds is 4. The van der Waals surface area contributed by atoms with Crippen molar-refractivity contribution in [1.29, 1.82) is 0 Å². The number of nitrogens with zero attached hydrogens (tertiary/aromatic N) is 4. The summed E-state index contributed by atoms with van der Waals surface area (Å²) in [6, 6.07) is 18.1. The van der Waals surface area contributed by atoms with Crippen LogP contribution in [0.1, 0.15) is 11.1 Å². The van der Waals surface area contributed by atoms with Crippen LogP contribution in [0.2, 0.25) is 0 Å². The van der Waals surface area contributed by atoms with Gasteiger partial charge in [-0.3, -0.25) is 0 Å². The highest BCUT2D eigenvalue weighted by Crippen LogP contribution is 2.16. The Balaban J connectivity index is 1.88. The van der Waals surface area contributed by atoms with Crippen molar-refractivity contribution >= 4 is 6.08 Å². The average molecular weight is 262 g/mol. The van der Waals surface area contributed by atoms with Gasteiger partial charge in [0.15, 0.2) is 5.82 Å². The Kier molecular flexibility index (Phi) is 3.37. The second kappa shape index (κ2) is 5.48. The largest absolute Gasteiger partial charge is 0.221 e. The summed E-state index contributed by atoms with van der Waals surface area (Å²) in [6.45, 7) is 4.40. The second-order valence-corrected chi connectivity index (χ2v) is 4.47. The molecule has 0 unspecified atom stereocenters. The predicted octanol–water partition coefficient (Wildman–Crippen LogP) is 3.03. The van der Waals surface area contributed by atoms with Crippen LogP contribution in [-0.2, 0) is 6.54 Å². The van der Waals surface area contributed by atoms with Crippen molar-refractivity contribution in [3.63, 3.8) is 0 Å². The van der Waals surface area contributed by atoms with Crippen molar-refractivity contribution < 1.29 is 0 Å². The van der Waals surface area contributed by atoms with E-state index in [1.807, 2.05) is 48.5 Å². The van der Waals surface area contributed by atoms with Crippen LogP contribution >= 0.6 is 0 Å². The highest BCUT2D eigenvalue weighted by Gasteiger charge is 2.08. The lowest BCUT2D eigenvalue weighted by Gasteiger charge is -2.05. The minimum atomic E-state index is 0.647. The van der Waals surface area contributed by atoms with Crippen LogP contribution in [0, 0.1) is 0 Å². The van der Waals surface area contributed by atoms with E-state index in [9.17, 15) is 0 Å². The lowest BCUT2D eigenvalue weighted by atomic mass is 10.1. The molecule has 0 fully saturated rings. The van der Waals surface area contributed by atoms with E-state index in [1.54, 1.807) is 4.68 Å². The van der Waals surface area contributed by atoms with E-state index in [2.05, 4.69) is 34.2 Å². The summed E-state index contributed by atoms with van der Waals surface area (Å²) in [5.41, 5.74) is 3.27. The molecular formula is C16H14N4. The zero-order valence-electron chi connectivity index (χ0n) is 11.0. The first-order valence-electron chi connectivity index (χ1n) is 6.40. The SMILES string of the molecule is C=Cc1ccc(Cn2nnnc2-c2ccccc2)cc1. The van der Waals surface area contributed by atoms with Gasteiger partial charge in [-0.1, -0.05) is 67.3 Å². The topological polar surface area (TPSA) is 43.6 Å². The van der Waals surface area contributed by atoms with Crippen LogP contribution in [0.5, 0.6) is 0 Å². The van der Waals surface area contributed by atoms with Gasteiger partial charge in [-0.05, 0) is 21.6 Å². The molecule has 20 heavy (non-hydrogen) atoms. The third-order valence-corrected chi connectivity index (χ3v) is 3.11. The summed E-state index contributed by atoms with van der Waals surface area (Å²) in [4.78, 5) is 0. The molecule has 1 aromatic heterocycles. The van der Waals surface area contributed by atoms with Gasteiger partial charge in [0.25, 0.3) is 0 Å². The van der Waals surface area contributed by atoms with Crippen LogP contribution in [0.3, 0.4) is 0 Å². The molecule has 0 aliphatic carbocycles. The molecule has 4 heteroatoms. The van der Waals surface area contributed by atoms with E-state index in [-0.39, 0.29) is 0 Å². The van der Waals surface area contributed by atoms with Gasteiger partial charge in [-0.25, -0.2) is 4.68 Å². The van der Waals surface area contributed by atoms with Gasteiger partial charge < -0.3 is 0 Å². The smallest absolute Gasteiger partial charge is 0.182 e. The fourth-order valence-corrected chi connectivity index (χ4v) is 2.04. The van der Waals surface area contributed by atoms with Crippen LogP contribution in [0.15, 0.2) is 61.2 Å². The summed E-state index contributed by atoms with van der Waals surface area (Å²) in [6.07, 6.45) is 1.83. The van der Waals surface area contributed by atoms with Gasteiger partial charge in [0.2, 0.25) is 0 Å². The Morgan fingerprint density at radius 1 is 1.00 bits per heavy atom. The van der Waals surface area contributed by atoms with E-state index < -0.39 is 0 Å². The maximum Gasteiger partial charge on any atom is 0.182 e. The Morgan fingerprint density at radius 2 is 1.75 bits per heavy atom. The fraction of sp³-hybridized carbons (Fsp3) is 0.0625. The summed E-state index contributed by atoms with van der Waals surface area (Å²) in [7, 11) is 0. The van der Waals surface area contributed by atoms with Crippen molar-refractivity contribution in [2.75, 3.05) is 0 Å². The Morgan fingerprint density at radius 3 is 2.45 bits per heavy atom. The quantitative estimate of drug-likeness (QED) is 0.726. The van der Waals surface area contributed by atoms with Crippen molar-refractivity contribution in [2.45, 2.75) is 6.54 Å². The standard InChI is InChI=1S/C16H14N4/c1-2-13-8-10-14(11-9-13)12-20-16(17-18-19-20)15-6-4-3-5-7-15/h2-11H,1,12H2. The maximum absolute atomic E-state index is 4.10. The highest BCUT2D eigenvalue weighted by atomic mass is 15.5. The lowest BCUT2D eigenvalue weighted by Crippen LogP contribution is -2.04. The van der Waals surface area contributed by atoms with E-state index in [4.69, 9.17) is 0 Å². The molecule has 0 atom stereocenters. The highest BCUT2D eigenvalue weighted by molar-refractivity contribution is 5.54. The Labute approximate surface area is 117 Å². The molecule has 0 spiro atoms. The first-order valence-corrected chi connectivity index (χ1v) is 6.40. The maximum atomic E-state index is 4.10. The van der Waals surface area contributed by atoms with Crippen LogP contribution in [0.25, 0.3) is 17.5 Å². The van der Waals surface area contributed by atoms with Crippen LogP contribution in [-0.4, -0.2) is 20.2 Å². The van der Waals surface area contributed by atoms with Gasteiger partial charge in [0.1, 0.15) is 0 Å². The molecule has 98 valence electrons. The monoisotopic (exact) mass is 262 g/mol. The number of aromatic nitrogens is 4. The number of hydrogen-bond acceptors (Lipinski definition) is 3. The summed E-state index contributed by atoms with van der Waals surface area (Å²) in [5, 5.41) is 11.9. The van der Waals surface area contributed by atoms with Gasteiger partial charge in [-0.15, -0.1) is 5.10 Å². The molecule has 4 nitrogen and oxygen atoms in total. The van der Waals surface area contributed by atoms with Crippen molar-refractivity contribution in [1.82, 2.24) is 20.2 Å². The molecule has 0 radical (unpaired) electrons. The normalized spacial score (nSPS) is 10.4. The summed E-state index contributed by atoms with van der Waals surface area (Å²) in [5.74, 6) is 0.776. The molecule has 1 heterocycles. The number of benzene rings is 2. The lowest BCUT2D eigenvalue weighted by molar-refractivity contribution is 0.653. The first-order chi connectivity index (χ1) is 9.86. The number of tetrazole rings is 1. The molecule has 2 aromatic carbocycles.